The van der Waals surface area contributed by atoms with Crippen molar-refractivity contribution in [3.63, 3.8) is 0 Å². The molecule has 2 aromatic carbocycles. The first-order valence-electron chi connectivity index (χ1n) is 9.56. The third-order valence-corrected chi connectivity index (χ3v) is 4.66. The van der Waals surface area contributed by atoms with Gasteiger partial charge in [0.25, 0.3) is 0 Å². The van der Waals surface area contributed by atoms with Gasteiger partial charge < -0.3 is 14.8 Å². The van der Waals surface area contributed by atoms with E-state index in [0.29, 0.717) is 11.3 Å². The topological polar surface area (TPSA) is 76.7 Å². The summed E-state index contributed by atoms with van der Waals surface area (Å²) in [5, 5.41) is 6.08. The Kier molecular flexibility index (Phi) is 5.92. The fourth-order valence-electron chi connectivity index (χ4n) is 3.40. The summed E-state index contributed by atoms with van der Waals surface area (Å²) in [6, 6.07) is 12.7. The number of amides is 1. The number of methoxy groups -OCH3 is 1. The van der Waals surface area contributed by atoms with Crippen molar-refractivity contribution in [2.45, 2.75) is 32.7 Å². The van der Waals surface area contributed by atoms with E-state index in [9.17, 15) is 9.59 Å². The number of ether oxygens (including phenoxy) is 2. The van der Waals surface area contributed by atoms with Gasteiger partial charge in [-0.15, -0.1) is 0 Å². The van der Waals surface area contributed by atoms with Crippen LogP contribution in [0.2, 0.25) is 0 Å². The average Bonchev–Trinajstić information content (AvgIpc) is 2.67. The molecule has 1 aliphatic rings. The van der Waals surface area contributed by atoms with Crippen molar-refractivity contribution in [1.29, 1.82) is 0 Å². The van der Waals surface area contributed by atoms with E-state index >= 15 is 0 Å². The Balaban J connectivity index is 1.92. The van der Waals surface area contributed by atoms with Gasteiger partial charge in [-0.3, -0.25) is 10.1 Å². The molecule has 2 aromatic rings. The van der Waals surface area contributed by atoms with Gasteiger partial charge in [0.1, 0.15) is 5.75 Å². The second kappa shape index (κ2) is 8.39. The standard InChI is InChI=1S/C23H26N2O4/c1-5-29-22(27)24-17-8-6-7-15(11-17)21(26)13-20-19-12-18(28-4)10-9-16(19)14-23(2,3)25-20/h6-13,25H,5,14H2,1-4H3,(H,24,27). The van der Waals surface area contributed by atoms with E-state index in [1.807, 2.05) is 18.2 Å². The monoisotopic (exact) mass is 394 g/mol. The zero-order valence-corrected chi connectivity index (χ0v) is 17.2. The molecule has 0 aromatic heterocycles. The van der Waals surface area contributed by atoms with Gasteiger partial charge in [-0.1, -0.05) is 18.2 Å². The number of nitrogens with one attached hydrogen (secondary N) is 2. The molecular weight excluding hydrogens is 368 g/mol. The Morgan fingerprint density at radius 1 is 1.21 bits per heavy atom. The molecule has 0 saturated carbocycles. The maximum atomic E-state index is 13.0. The number of anilines is 1. The van der Waals surface area contributed by atoms with E-state index in [1.165, 1.54) is 0 Å². The van der Waals surface area contributed by atoms with Crippen molar-refractivity contribution < 1.29 is 19.1 Å². The van der Waals surface area contributed by atoms with Gasteiger partial charge in [0.2, 0.25) is 0 Å². The van der Waals surface area contributed by atoms with E-state index in [1.54, 1.807) is 44.4 Å². The number of ketones is 1. The summed E-state index contributed by atoms with van der Waals surface area (Å²) in [6.07, 6.45) is 1.89. The lowest BCUT2D eigenvalue weighted by molar-refractivity contribution is 0.104. The van der Waals surface area contributed by atoms with E-state index in [0.717, 1.165) is 29.0 Å². The molecule has 29 heavy (non-hydrogen) atoms. The molecule has 0 bridgehead atoms. The molecule has 0 fully saturated rings. The molecule has 152 valence electrons. The Hall–Kier alpha value is -3.28. The average molecular weight is 394 g/mol. The van der Waals surface area contributed by atoms with Crippen molar-refractivity contribution in [1.82, 2.24) is 5.32 Å². The number of rotatable bonds is 5. The quantitative estimate of drug-likeness (QED) is 0.580. The fraction of sp³-hybridized carbons (Fsp3) is 0.304. The first-order valence-corrected chi connectivity index (χ1v) is 9.56. The number of benzene rings is 2. The van der Waals surface area contributed by atoms with Gasteiger partial charge in [-0.25, -0.2) is 4.79 Å². The highest BCUT2D eigenvalue weighted by molar-refractivity contribution is 6.09. The third-order valence-electron chi connectivity index (χ3n) is 4.66. The molecule has 0 atom stereocenters. The largest absolute Gasteiger partial charge is 0.497 e. The Bertz CT molecular complexity index is 963. The minimum atomic E-state index is -0.549. The van der Waals surface area contributed by atoms with E-state index in [4.69, 9.17) is 9.47 Å². The van der Waals surface area contributed by atoms with Crippen molar-refractivity contribution in [3.8, 4) is 5.75 Å². The Morgan fingerprint density at radius 3 is 2.72 bits per heavy atom. The van der Waals surface area contributed by atoms with Crippen molar-refractivity contribution in [2.75, 3.05) is 19.0 Å². The number of carbonyl (C=O) groups is 2. The second-order valence-electron chi connectivity index (χ2n) is 7.56. The second-order valence-corrected chi connectivity index (χ2v) is 7.56. The predicted octanol–water partition coefficient (Wildman–Crippen LogP) is 4.41. The van der Waals surface area contributed by atoms with Crippen LogP contribution in [0.1, 0.15) is 42.3 Å². The lowest BCUT2D eigenvalue weighted by Gasteiger charge is -2.35. The maximum Gasteiger partial charge on any atom is 0.411 e. The molecule has 0 unspecified atom stereocenters. The highest BCUT2D eigenvalue weighted by atomic mass is 16.5. The minimum absolute atomic E-state index is 0.161. The maximum absolute atomic E-state index is 13.0. The van der Waals surface area contributed by atoms with Crippen molar-refractivity contribution in [2.24, 2.45) is 0 Å². The molecule has 6 heteroatoms. The Labute approximate surface area is 170 Å². The van der Waals surface area contributed by atoms with Crippen LogP contribution in [-0.4, -0.2) is 31.1 Å². The fourth-order valence-corrected chi connectivity index (χ4v) is 3.40. The van der Waals surface area contributed by atoms with Crippen LogP contribution in [0.25, 0.3) is 5.70 Å². The number of carbonyl (C=O) groups excluding carboxylic acids is 2. The van der Waals surface area contributed by atoms with Gasteiger partial charge in [0.05, 0.1) is 13.7 Å². The van der Waals surface area contributed by atoms with Crippen LogP contribution in [0.3, 0.4) is 0 Å². The van der Waals surface area contributed by atoms with E-state index < -0.39 is 6.09 Å². The molecule has 2 N–H and O–H groups in total. The van der Waals surface area contributed by atoms with Gasteiger partial charge in [-0.2, -0.15) is 0 Å². The molecule has 0 radical (unpaired) electrons. The summed E-state index contributed by atoms with van der Waals surface area (Å²) in [6.45, 7) is 6.21. The van der Waals surface area contributed by atoms with Gasteiger partial charge in [-0.05, 0) is 57.0 Å². The number of hydrogen-bond donors (Lipinski definition) is 2. The minimum Gasteiger partial charge on any atom is -0.497 e. The summed E-state index contributed by atoms with van der Waals surface area (Å²) >= 11 is 0. The van der Waals surface area contributed by atoms with E-state index in [2.05, 4.69) is 24.5 Å². The summed E-state index contributed by atoms with van der Waals surface area (Å²) in [4.78, 5) is 24.6. The van der Waals surface area contributed by atoms with Crippen LogP contribution in [-0.2, 0) is 11.2 Å². The smallest absolute Gasteiger partial charge is 0.411 e. The van der Waals surface area contributed by atoms with Crippen LogP contribution >= 0.6 is 0 Å². The lowest BCUT2D eigenvalue weighted by Crippen LogP contribution is -2.43. The SMILES string of the molecule is CCOC(=O)Nc1cccc(C(=O)C=C2NC(C)(C)Cc3ccc(OC)cc32)c1. The molecule has 3 rings (SSSR count). The predicted molar refractivity (Wildman–Crippen MR) is 113 cm³/mol. The van der Waals surface area contributed by atoms with Crippen LogP contribution in [0.5, 0.6) is 5.75 Å². The molecule has 0 spiro atoms. The normalized spacial score (nSPS) is 15.8. The van der Waals surface area contributed by atoms with Crippen LogP contribution < -0.4 is 15.4 Å². The molecule has 0 aliphatic carbocycles. The number of allylic oxidation sites excluding steroid dienone is 1. The molecule has 6 nitrogen and oxygen atoms in total. The van der Waals surface area contributed by atoms with Gasteiger partial charge >= 0.3 is 6.09 Å². The lowest BCUT2D eigenvalue weighted by atomic mass is 9.85. The first kappa shape index (κ1) is 20.5. The van der Waals surface area contributed by atoms with Crippen molar-refractivity contribution in [3.05, 3.63) is 65.2 Å². The van der Waals surface area contributed by atoms with Crippen molar-refractivity contribution >= 4 is 23.3 Å². The van der Waals surface area contributed by atoms with Crippen LogP contribution in [0.15, 0.2) is 48.5 Å². The number of fused-ring (bicyclic) bond motifs is 1. The highest BCUT2D eigenvalue weighted by Crippen LogP contribution is 2.32. The van der Waals surface area contributed by atoms with E-state index in [-0.39, 0.29) is 17.9 Å². The summed E-state index contributed by atoms with van der Waals surface area (Å²) in [7, 11) is 1.62. The molecule has 1 aliphatic heterocycles. The molecule has 1 heterocycles. The zero-order valence-electron chi connectivity index (χ0n) is 17.2. The van der Waals surface area contributed by atoms with Gasteiger partial charge in [0.15, 0.2) is 5.78 Å². The van der Waals surface area contributed by atoms with Crippen LogP contribution in [0.4, 0.5) is 10.5 Å². The zero-order chi connectivity index (χ0) is 21.0. The third kappa shape index (κ3) is 4.96. The summed E-state index contributed by atoms with van der Waals surface area (Å²) in [5.41, 5.74) is 3.67. The summed E-state index contributed by atoms with van der Waals surface area (Å²) < 4.78 is 10.2. The molecule has 1 amide bonds. The molecular formula is C23H26N2O4. The van der Waals surface area contributed by atoms with Gasteiger partial charge in [0, 0.05) is 34.1 Å². The summed E-state index contributed by atoms with van der Waals surface area (Å²) in [5.74, 6) is 0.579. The molecule has 0 saturated heterocycles. The van der Waals surface area contributed by atoms with Crippen LogP contribution in [0, 0.1) is 0 Å². The Morgan fingerprint density at radius 2 is 2.00 bits per heavy atom. The highest BCUT2D eigenvalue weighted by Gasteiger charge is 2.28. The first-order chi connectivity index (χ1) is 13.8. The number of hydrogen-bond acceptors (Lipinski definition) is 5.